The molecule has 3 rings (SSSR count). The first-order valence-corrected chi connectivity index (χ1v) is 11.8. The normalized spacial score (nSPS) is 11.4. The Hall–Kier alpha value is -3.61. The van der Waals surface area contributed by atoms with Crippen molar-refractivity contribution < 1.29 is 22.1 Å². The zero-order valence-corrected chi connectivity index (χ0v) is 20.1. The summed E-state index contributed by atoms with van der Waals surface area (Å²) in [6.45, 7) is 1.90. The number of hydrogen-bond acceptors (Lipinski definition) is 6. The lowest BCUT2D eigenvalue weighted by Gasteiger charge is -2.10. The largest absolute Gasteiger partial charge is 0.497 e. The van der Waals surface area contributed by atoms with Crippen molar-refractivity contribution in [2.24, 2.45) is 0 Å². The van der Waals surface area contributed by atoms with Gasteiger partial charge in [0.25, 0.3) is 5.91 Å². The maximum atomic E-state index is 12.6. The number of anilines is 1. The lowest BCUT2D eigenvalue weighted by molar-refractivity contribution is -0.112. The molecule has 7 nitrogen and oxygen atoms in total. The van der Waals surface area contributed by atoms with Crippen molar-refractivity contribution in [2.45, 2.75) is 11.8 Å². The van der Waals surface area contributed by atoms with E-state index in [1.54, 1.807) is 30.3 Å². The van der Waals surface area contributed by atoms with E-state index in [0.29, 0.717) is 21.5 Å². The van der Waals surface area contributed by atoms with Crippen molar-refractivity contribution in [1.82, 2.24) is 0 Å². The average molecular weight is 527 g/mol. The number of methoxy groups -OCH3 is 1. The van der Waals surface area contributed by atoms with Gasteiger partial charge in [-0.15, -0.1) is 0 Å². The first kappa shape index (κ1) is 24.0. The van der Waals surface area contributed by atoms with Crippen LogP contribution in [0.1, 0.15) is 11.1 Å². The maximum absolute atomic E-state index is 12.6. The van der Waals surface area contributed by atoms with Crippen LogP contribution in [0, 0.1) is 18.3 Å². The molecule has 0 bridgehead atoms. The number of nitrogens with one attached hydrogen (secondary N) is 1. The van der Waals surface area contributed by atoms with Crippen LogP contribution in [0.2, 0.25) is 0 Å². The van der Waals surface area contributed by atoms with Crippen molar-refractivity contribution in [2.75, 3.05) is 12.4 Å². The number of rotatable bonds is 7. The van der Waals surface area contributed by atoms with Crippen molar-refractivity contribution in [3.05, 3.63) is 87.9 Å². The highest BCUT2D eigenvalue weighted by atomic mass is 79.9. The summed E-state index contributed by atoms with van der Waals surface area (Å²) < 4.78 is 35.7. The van der Waals surface area contributed by atoms with Crippen LogP contribution in [0.3, 0.4) is 0 Å². The molecular formula is C24H19BrN2O5S. The topological polar surface area (TPSA) is 105 Å². The number of hydrogen-bond donors (Lipinski definition) is 1. The molecular weight excluding hydrogens is 508 g/mol. The fourth-order valence-corrected chi connectivity index (χ4v) is 4.35. The van der Waals surface area contributed by atoms with Crippen LogP contribution in [0.5, 0.6) is 11.5 Å². The Morgan fingerprint density at radius 2 is 1.82 bits per heavy atom. The van der Waals surface area contributed by atoms with Crippen molar-refractivity contribution in [3.63, 3.8) is 0 Å². The summed E-state index contributed by atoms with van der Waals surface area (Å²) in [6.07, 6.45) is 1.40. The van der Waals surface area contributed by atoms with Gasteiger partial charge in [0.1, 0.15) is 22.3 Å². The van der Waals surface area contributed by atoms with Crippen molar-refractivity contribution in [3.8, 4) is 17.6 Å². The molecule has 0 unspecified atom stereocenters. The number of halogens is 1. The standard InChI is InChI=1S/C24H19BrN2O5S/c1-16-4-3-5-19(12-16)27-24(28)18(15-26)13-17-6-11-23(22(25)14-17)32-33(29,30)21-9-7-20(31-2)8-10-21/h3-14H,1-2H3,(H,27,28)/b18-13+. The van der Waals surface area contributed by atoms with Gasteiger partial charge in [0.05, 0.1) is 11.6 Å². The summed E-state index contributed by atoms with van der Waals surface area (Å²) in [5, 5.41) is 12.1. The van der Waals surface area contributed by atoms with E-state index in [2.05, 4.69) is 21.2 Å². The number of amides is 1. The fourth-order valence-electron chi connectivity index (χ4n) is 2.82. The van der Waals surface area contributed by atoms with E-state index in [9.17, 15) is 18.5 Å². The number of carbonyl (C=O) groups is 1. The van der Waals surface area contributed by atoms with Crippen LogP contribution in [0.25, 0.3) is 6.08 Å². The summed E-state index contributed by atoms with van der Waals surface area (Å²) >= 11 is 3.28. The third kappa shape index (κ3) is 6.22. The van der Waals surface area contributed by atoms with Gasteiger partial charge in [-0.05, 0) is 88.6 Å². The Morgan fingerprint density at radius 3 is 2.42 bits per heavy atom. The van der Waals surface area contributed by atoms with Crippen LogP contribution in [0.4, 0.5) is 5.69 Å². The second kappa shape index (κ2) is 10.3. The minimum Gasteiger partial charge on any atom is -0.497 e. The second-order valence-electron chi connectivity index (χ2n) is 6.90. The molecule has 0 radical (unpaired) electrons. The third-order valence-electron chi connectivity index (χ3n) is 4.46. The molecule has 0 saturated heterocycles. The van der Waals surface area contributed by atoms with E-state index >= 15 is 0 Å². The minimum absolute atomic E-state index is 0.0289. The molecule has 0 fully saturated rings. The highest BCUT2D eigenvalue weighted by Gasteiger charge is 2.19. The predicted molar refractivity (Wildman–Crippen MR) is 128 cm³/mol. The molecule has 3 aromatic rings. The van der Waals surface area contributed by atoms with Gasteiger partial charge in [-0.1, -0.05) is 18.2 Å². The van der Waals surface area contributed by atoms with Gasteiger partial charge in [-0.2, -0.15) is 13.7 Å². The number of benzene rings is 3. The summed E-state index contributed by atoms with van der Waals surface area (Å²) in [7, 11) is -2.59. The highest BCUT2D eigenvalue weighted by molar-refractivity contribution is 9.10. The third-order valence-corrected chi connectivity index (χ3v) is 6.32. The predicted octanol–water partition coefficient (Wildman–Crippen LogP) is 5.08. The monoisotopic (exact) mass is 526 g/mol. The molecule has 0 aliphatic carbocycles. The van der Waals surface area contributed by atoms with Gasteiger partial charge in [-0.25, -0.2) is 0 Å². The van der Waals surface area contributed by atoms with Crippen molar-refractivity contribution >= 4 is 43.7 Å². The molecule has 0 aliphatic heterocycles. The molecule has 1 amide bonds. The molecule has 0 saturated carbocycles. The molecule has 0 aliphatic rings. The lowest BCUT2D eigenvalue weighted by Crippen LogP contribution is -2.13. The van der Waals surface area contributed by atoms with E-state index in [0.717, 1.165) is 5.56 Å². The van der Waals surface area contributed by atoms with Gasteiger partial charge in [0, 0.05) is 5.69 Å². The van der Waals surface area contributed by atoms with E-state index in [1.807, 2.05) is 19.1 Å². The smallest absolute Gasteiger partial charge is 0.339 e. The Bertz CT molecular complexity index is 1360. The molecule has 0 atom stereocenters. The number of nitriles is 1. The van der Waals surface area contributed by atoms with Gasteiger partial charge in [0.15, 0.2) is 5.75 Å². The SMILES string of the molecule is COc1ccc(S(=O)(=O)Oc2ccc(/C=C(\C#N)C(=O)Nc3cccc(C)c3)cc2Br)cc1. The van der Waals surface area contributed by atoms with E-state index in [1.165, 1.54) is 43.5 Å². The van der Waals surface area contributed by atoms with Crippen LogP contribution in [0.15, 0.2) is 81.7 Å². The fraction of sp³-hybridized carbons (Fsp3) is 0.0833. The minimum atomic E-state index is -4.07. The van der Waals surface area contributed by atoms with Crippen LogP contribution >= 0.6 is 15.9 Å². The van der Waals surface area contributed by atoms with Gasteiger partial charge >= 0.3 is 10.1 Å². The van der Waals surface area contributed by atoms with E-state index in [4.69, 9.17) is 8.92 Å². The zero-order chi connectivity index (χ0) is 24.0. The molecule has 9 heteroatoms. The molecule has 1 N–H and O–H groups in total. The van der Waals surface area contributed by atoms with Crippen LogP contribution in [-0.4, -0.2) is 21.4 Å². The summed E-state index contributed by atoms with van der Waals surface area (Å²) in [5.74, 6) is 0.0262. The molecule has 3 aromatic carbocycles. The van der Waals surface area contributed by atoms with Gasteiger partial charge < -0.3 is 14.2 Å². The highest BCUT2D eigenvalue weighted by Crippen LogP contribution is 2.30. The summed E-state index contributed by atoms with van der Waals surface area (Å²) in [6, 6.07) is 19.4. The number of aryl methyl sites for hydroxylation is 1. The Kier molecular flexibility index (Phi) is 7.53. The average Bonchev–Trinajstić information content (AvgIpc) is 2.79. The number of carbonyl (C=O) groups excluding carboxylic acids is 1. The Morgan fingerprint density at radius 1 is 1.09 bits per heavy atom. The molecule has 168 valence electrons. The van der Waals surface area contributed by atoms with Crippen molar-refractivity contribution in [1.29, 1.82) is 5.26 Å². The molecule has 33 heavy (non-hydrogen) atoms. The first-order chi connectivity index (χ1) is 15.7. The molecule has 0 spiro atoms. The van der Waals surface area contributed by atoms with Crippen LogP contribution < -0.4 is 14.2 Å². The number of ether oxygens (including phenoxy) is 1. The maximum Gasteiger partial charge on any atom is 0.339 e. The van der Waals surface area contributed by atoms with Gasteiger partial charge in [0.2, 0.25) is 0 Å². The molecule has 0 aromatic heterocycles. The van der Waals surface area contributed by atoms with E-state index in [-0.39, 0.29) is 16.2 Å². The van der Waals surface area contributed by atoms with E-state index < -0.39 is 16.0 Å². The first-order valence-electron chi connectivity index (χ1n) is 9.60. The Labute approximate surface area is 200 Å². The second-order valence-corrected chi connectivity index (χ2v) is 9.30. The quantitative estimate of drug-likeness (QED) is 0.261. The summed E-state index contributed by atoms with van der Waals surface area (Å²) in [5.41, 5.74) is 1.95. The lowest BCUT2D eigenvalue weighted by atomic mass is 10.1. The molecule has 0 heterocycles. The summed E-state index contributed by atoms with van der Waals surface area (Å²) in [4.78, 5) is 12.4. The number of nitrogens with zero attached hydrogens (tertiary/aromatic N) is 1. The van der Waals surface area contributed by atoms with Crippen LogP contribution in [-0.2, 0) is 14.9 Å². The Balaban J connectivity index is 1.79. The van der Waals surface area contributed by atoms with Gasteiger partial charge in [-0.3, -0.25) is 4.79 Å². The zero-order valence-electron chi connectivity index (χ0n) is 17.7.